The summed E-state index contributed by atoms with van der Waals surface area (Å²) in [4.78, 5) is 59.8. The molecule has 3 amide bonds. The van der Waals surface area contributed by atoms with Crippen LogP contribution in [0.4, 0.5) is 10.8 Å². The third-order valence-electron chi connectivity index (χ3n) is 6.37. The normalized spacial score (nSPS) is 16.3. The summed E-state index contributed by atoms with van der Waals surface area (Å²) in [6.07, 6.45) is 1.59. The van der Waals surface area contributed by atoms with Crippen LogP contribution < -0.4 is 4.90 Å². The highest BCUT2D eigenvalue weighted by atomic mass is 32.1. The first-order valence-corrected chi connectivity index (χ1v) is 12.1. The number of aromatic hydroxyl groups is 1. The summed E-state index contributed by atoms with van der Waals surface area (Å²) in [6, 6.07) is 8.94. The van der Waals surface area contributed by atoms with Gasteiger partial charge >= 0.3 is 5.69 Å². The number of piperazine rings is 1. The summed E-state index contributed by atoms with van der Waals surface area (Å²) in [5.74, 6) is -2.09. The molecule has 1 saturated heterocycles. The van der Waals surface area contributed by atoms with E-state index in [1.165, 1.54) is 35.6 Å². The number of thiazole rings is 1. The fourth-order valence-electron chi connectivity index (χ4n) is 4.55. The Morgan fingerprint density at radius 1 is 1.08 bits per heavy atom. The molecule has 0 spiro atoms. The van der Waals surface area contributed by atoms with Crippen molar-refractivity contribution in [2.45, 2.75) is 12.5 Å². The number of nitrogens with zero attached hydrogens (tertiary/aromatic N) is 5. The number of hydrogen-bond acceptors (Lipinski definition) is 9. The maximum atomic E-state index is 13.8. The average Bonchev–Trinajstić information content (AvgIpc) is 3.51. The molecule has 184 valence electrons. The van der Waals surface area contributed by atoms with Crippen molar-refractivity contribution >= 4 is 39.9 Å². The van der Waals surface area contributed by atoms with Crippen molar-refractivity contribution in [2.24, 2.45) is 0 Å². The maximum Gasteiger partial charge on any atom is 0.310 e. The number of rotatable bonds is 6. The first kappa shape index (κ1) is 23.4. The Kier molecular flexibility index (Phi) is 6.10. The molecule has 3 heterocycles. The van der Waals surface area contributed by atoms with E-state index in [0.717, 1.165) is 16.1 Å². The van der Waals surface area contributed by atoms with Gasteiger partial charge in [0.15, 0.2) is 10.9 Å². The van der Waals surface area contributed by atoms with Gasteiger partial charge in [0.1, 0.15) is 6.04 Å². The van der Waals surface area contributed by atoms with Gasteiger partial charge in [-0.25, -0.2) is 4.98 Å². The van der Waals surface area contributed by atoms with Gasteiger partial charge in [-0.2, -0.15) is 0 Å². The molecule has 1 N–H and O–H groups in total. The zero-order chi connectivity index (χ0) is 25.4. The van der Waals surface area contributed by atoms with Crippen molar-refractivity contribution in [3.05, 3.63) is 80.8 Å². The minimum atomic E-state index is -1.20. The van der Waals surface area contributed by atoms with Crippen LogP contribution >= 0.6 is 11.3 Å². The van der Waals surface area contributed by atoms with E-state index >= 15 is 0 Å². The largest absolute Gasteiger partial charge is 0.502 e. The monoisotopic (exact) mass is 507 g/mol. The number of nitro groups is 1. The third-order valence-corrected chi connectivity index (χ3v) is 7.20. The van der Waals surface area contributed by atoms with Crippen molar-refractivity contribution in [1.82, 2.24) is 14.8 Å². The summed E-state index contributed by atoms with van der Waals surface area (Å²) in [5, 5.41) is 23.9. The SMILES string of the molecule is O=C(C(Cc1ccc(O)c([N+](=O)[O-])c1)N1C(=O)c2ccccc2C1=O)N1CCN(c2nccs2)CC1. The lowest BCUT2D eigenvalue weighted by atomic mass is 10.0. The van der Waals surface area contributed by atoms with E-state index in [-0.39, 0.29) is 17.5 Å². The van der Waals surface area contributed by atoms with Crippen molar-refractivity contribution in [3.63, 3.8) is 0 Å². The minimum Gasteiger partial charge on any atom is -0.502 e. The van der Waals surface area contributed by atoms with Crippen molar-refractivity contribution in [3.8, 4) is 5.75 Å². The van der Waals surface area contributed by atoms with E-state index in [9.17, 15) is 29.6 Å². The molecule has 2 aromatic carbocycles. The number of aromatic nitrogens is 1. The molecular formula is C24H21N5O6S. The summed E-state index contributed by atoms with van der Waals surface area (Å²) in [7, 11) is 0. The van der Waals surface area contributed by atoms with Gasteiger partial charge in [0.05, 0.1) is 16.1 Å². The lowest BCUT2D eigenvalue weighted by Gasteiger charge is -2.37. The van der Waals surface area contributed by atoms with Crippen LogP contribution in [0.25, 0.3) is 0 Å². The zero-order valence-electron chi connectivity index (χ0n) is 18.9. The van der Waals surface area contributed by atoms with E-state index in [0.29, 0.717) is 31.7 Å². The summed E-state index contributed by atoms with van der Waals surface area (Å²) >= 11 is 1.50. The molecule has 0 bridgehead atoms. The number of fused-ring (bicyclic) bond motifs is 1. The number of hydrogen-bond donors (Lipinski definition) is 1. The molecule has 1 aromatic heterocycles. The number of phenols is 1. The first-order valence-electron chi connectivity index (χ1n) is 11.2. The number of imide groups is 1. The lowest BCUT2D eigenvalue weighted by Crippen LogP contribution is -2.56. The van der Waals surface area contributed by atoms with Crippen LogP contribution in [0.1, 0.15) is 26.3 Å². The van der Waals surface area contributed by atoms with Gasteiger partial charge in [0, 0.05) is 50.2 Å². The standard InChI is InChI=1S/C24H21N5O6S/c30-20-6-5-15(13-18(20)29(34)35)14-19(28-21(31)16-3-1-2-4-17(16)22(28)32)23(33)26-8-10-27(11-9-26)24-25-7-12-36-24/h1-7,12-13,19,30H,8-11,14H2. The van der Waals surface area contributed by atoms with Gasteiger partial charge in [-0.05, 0) is 23.8 Å². The molecule has 0 saturated carbocycles. The van der Waals surface area contributed by atoms with Gasteiger partial charge in [-0.15, -0.1) is 11.3 Å². The fourth-order valence-corrected chi connectivity index (χ4v) is 5.24. The Balaban J connectivity index is 1.44. The number of phenolic OH excluding ortho intramolecular Hbond substituents is 1. The molecule has 2 aliphatic rings. The van der Waals surface area contributed by atoms with Crippen molar-refractivity contribution < 1.29 is 24.4 Å². The smallest absolute Gasteiger partial charge is 0.310 e. The van der Waals surface area contributed by atoms with Crippen LogP contribution in [-0.2, 0) is 11.2 Å². The Labute approximate surface area is 209 Å². The fraction of sp³-hybridized carbons (Fsp3) is 0.250. The molecule has 12 heteroatoms. The molecule has 2 aliphatic heterocycles. The molecular weight excluding hydrogens is 486 g/mol. The van der Waals surface area contributed by atoms with Crippen LogP contribution in [0.15, 0.2) is 54.0 Å². The van der Waals surface area contributed by atoms with Gasteiger partial charge in [0.2, 0.25) is 5.91 Å². The Morgan fingerprint density at radius 2 is 1.75 bits per heavy atom. The molecule has 1 unspecified atom stereocenters. The third kappa shape index (κ3) is 4.15. The molecule has 3 aromatic rings. The van der Waals surface area contributed by atoms with Crippen molar-refractivity contribution in [1.29, 1.82) is 0 Å². The van der Waals surface area contributed by atoms with E-state index in [2.05, 4.69) is 9.88 Å². The van der Waals surface area contributed by atoms with E-state index < -0.39 is 40.1 Å². The molecule has 0 aliphatic carbocycles. The second-order valence-corrected chi connectivity index (χ2v) is 9.33. The van der Waals surface area contributed by atoms with Crippen LogP contribution in [0.2, 0.25) is 0 Å². The van der Waals surface area contributed by atoms with Gasteiger partial charge < -0.3 is 14.9 Å². The second kappa shape index (κ2) is 9.38. The number of benzene rings is 2. The molecule has 1 fully saturated rings. The quantitative estimate of drug-likeness (QED) is 0.305. The zero-order valence-corrected chi connectivity index (χ0v) is 19.8. The first-order chi connectivity index (χ1) is 17.3. The van der Waals surface area contributed by atoms with E-state index in [4.69, 9.17) is 0 Å². The Bertz CT molecular complexity index is 1320. The molecule has 0 radical (unpaired) electrons. The summed E-state index contributed by atoms with van der Waals surface area (Å²) < 4.78 is 0. The van der Waals surface area contributed by atoms with Gasteiger partial charge in [-0.1, -0.05) is 18.2 Å². The molecule has 5 rings (SSSR count). The van der Waals surface area contributed by atoms with Gasteiger partial charge in [-0.3, -0.25) is 29.4 Å². The number of nitro benzene ring substituents is 1. The minimum absolute atomic E-state index is 0.127. The van der Waals surface area contributed by atoms with Crippen LogP contribution in [0, 0.1) is 10.1 Å². The number of carbonyl (C=O) groups is 3. The van der Waals surface area contributed by atoms with E-state index in [1.807, 2.05) is 5.38 Å². The van der Waals surface area contributed by atoms with E-state index in [1.54, 1.807) is 23.2 Å². The van der Waals surface area contributed by atoms with Crippen LogP contribution in [0.5, 0.6) is 5.75 Å². The molecule has 1 atom stereocenters. The maximum absolute atomic E-state index is 13.8. The Morgan fingerprint density at radius 3 is 2.33 bits per heavy atom. The van der Waals surface area contributed by atoms with Gasteiger partial charge in [0.25, 0.3) is 11.8 Å². The predicted molar refractivity (Wildman–Crippen MR) is 130 cm³/mol. The summed E-state index contributed by atoms with van der Waals surface area (Å²) in [6.45, 7) is 1.82. The summed E-state index contributed by atoms with van der Waals surface area (Å²) in [5.41, 5.74) is 0.255. The Hall–Kier alpha value is -4.32. The number of amides is 3. The lowest BCUT2D eigenvalue weighted by molar-refractivity contribution is -0.385. The topological polar surface area (TPSA) is 137 Å². The average molecular weight is 508 g/mol. The van der Waals surface area contributed by atoms with Crippen LogP contribution in [0.3, 0.4) is 0 Å². The predicted octanol–water partition coefficient (Wildman–Crippen LogP) is 2.31. The second-order valence-electron chi connectivity index (χ2n) is 8.45. The molecule has 11 nitrogen and oxygen atoms in total. The highest BCUT2D eigenvalue weighted by Crippen LogP contribution is 2.30. The number of anilines is 1. The highest BCUT2D eigenvalue weighted by Gasteiger charge is 2.44. The number of carbonyl (C=O) groups excluding carboxylic acids is 3. The van der Waals surface area contributed by atoms with Crippen LogP contribution in [-0.4, -0.2) is 74.8 Å². The van der Waals surface area contributed by atoms with Crippen molar-refractivity contribution in [2.75, 3.05) is 31.1 Å². The molecule has 36 heavy (non-hydrogen) atoms. The highest BCUT2D eigenvalue weighted by molar-refractivity contribution is 7.13.